The van der Waals surface area contributed by atoms with Crippen molar-refractivity contribution in [1.82, 2.24) is 15.1 Å². The van der Waals surface area contributed by atoms with Gasteiger partial charge >= 0.3 is 17.9 Å². The van der Waals surface area contributed by atoms with Gasteiger partial charge in [-0.1, -0.05) is 146 Å². The monoisotopic (exact) mass is 992 g/mol. The summed E-state index contributed by atoms with van der Waals surface area (Å²) in [5.41, 5.74) is 2.91. The van der Waals surface area contributed by atoms with E-state index in [4.69, 9.17) is 18.9 Å². The standard InChI is InChI=1S/C59H52N4O11/c1-2-30-72-56(68)47-50-57(69)74-51(38-18-10-5-11-19-38)49(36-16-8-4-9-17-36)63(50)52(59(47)43-20-12-13-21-44(43)61-58(59)70)39-24-28-41(29-25-39)71-31-32-73-55(67)42-34-46-53(65)60-45(33-35-14-6-3-7-15-35)54(66)62(46)48(42)37-22-26-40(64)27-23-37/h2-29,42,45-52,64H,1,30-34H2,(H,60,65)(H,61,70)/t42-,45-,46-,47+,48-,49+,50+,51-,52-,59+/m0/s1. The third kappa shape index (κ3) is 8.22. The Morgan fingerprint density at radius 2 is 1.34 bits per heavy atom. The van der Waals surface area contributed by atoms with Crippen molar-refractivity contribution in [3.8, 4) is 11.5 Å². The number of rotatable bonds is 14. The lowest BCUT2D eigenvalue weighted by Gasteiger charge is -2.46. The molecule has 4 fully saturated rings. The van der Waals surface area contributed by atoms with Crippen LogP contribution in [0.5, 0.6) is 11.5 Å². The number of phenolic OH excluding ortho intramolecular Hbond substituents is 1. The van der Waals surface area contributed by atoms with Gasteiger partial charge in [-0.05, 0) is 70.1 Å². The van der Waals surface area contributed by atoms with Gasteiger partial charge in [-0.3, -0.25) is 33.7 Å². The van der Waals surface area contributed by atoms with Crippen LogP contribution in [0.3, 0.4) is 0 Å². The molecule has 6 aromatic rings. The van der Waals surface area contributed by atoms with Crippen LogP contribution in [0.25, 0.3) is 0 Å². The number of amides is 3. The average Bonchev–Trinajstić information content (AvgIpc) is 4.13. The highest BCUT2D eigenvalue weighted by atomic mass is 16.6. The fourth-order valence-electron chi connectivity index (χ4n) is 12.1. The Hall–Kier alpha value is -8.56. The van der Waals surface area contributed by atoms with Crippen molar-refractivity contribution in [2.75, 3.05) is 25.1 Å². The fourth-order valence-corrected chi connectivity index (χ4v) is 12.1. The molecule has 11 rings (SSSR count). The Morgan fingerprint density at radius 1 is 0.703 bits per heavy atom. The van der Waals surface area contributed by atoms with Gasteiger partial charge in [-0.25, -0.2) is 0 Å². The van der Waals surface area contributed by atoms with E-state index < -0.39 is 83.4 Å². The lowest BCUT2D eigenvalue weighted by molar-refractivity contribution is -0.180. The van der Waals surface area contributed by atoms with Crippen LogP contribution in [0.2, 0.25) is 0 Å². The molecule has 0 unspecified atom stereocenters. The molecule has 5 heterocycles. The van der Waals surface area contributed by atoms with E-state index in [-0.39, 0.29) is 50.2 Å². The van der Waals surface area contributed by atoms with E-state index in [0.29, 0.717) is 28.1 Å². The van der Waals surface area contributed by atoms with Gasteiger partial charge in [0.15, 0.2) is 0 Å². The Bertz CT molecular complexity index is 3120. The molecule has 3 amide bonds. The second-order valence-corrected chi connectivity index (χ2v) is 19.2. The van der Waals surface area contributed by atoms with Crippen molar-refractivity contribution in [3.05, 3.63) is 210 Å². The Balaban J connectivity index is 0.883. The van der Waals surface area contributed by atoms with Gasteiger partial charge < -0.3 is 39.6 Å². The maximum absolute atomic E-state index is 15.1. The quantitative estimate of drug-likeness (QED) is 0.0439. The van der Waals surface area contributed by atoms with Crippen LogP contribution in [0.4, 0.5) is 5.69 Å². The van der Waals surface area contributed by atoms with Crippen molar-refractivity contribution in [2.45, 2.75) is 60.6 Å². The van der Waals surface area contributed by atoms with Gasteiger partial charge in [0, 0.05) is 12.1 Å². The highest BCUT2D eigenvalue weighted by Gasteiger charge is 2.74. The van der Waals surface area contributed by atoms with Crippen molar-refractivity contribution in [3.63, 3.8) is 0 Å². The van der Waals surface area contributed by atoms with E-state index in [1.54, 1.807) is 54.6 Å². The van der Waals surface area contributed by atoms with Gasteiger partial charge in [-0.15, -0.1) is 0 Å². The van der Waals surface area contributed by atoms with Gasteiger partial charge in [0.05, 0.1) is 24.0 Å². The van der Waals surface area contributed by atoms with Gasteiger partial charge in [0.25, 0.3) is 0 Å². The lowest BCUT2D eigenvalue weighted by atomic mass is 9.65. The summed E-state index contributed by atoms with van der Waals surface area (Å²) < 4.78 is 24.2. The maximum atomic E-state index is 15.1. The Kier molecular flexibility index (Phi) is 12.8. The number of fused-ring (bicyclic) bond motifs is 4. The van der Waals surface area contributed by atoms with Crippen molar-refractivity contribution >= 4 is 41.3 Å². The molecule has 0 saturated carbocycles. The summed E-state index contributed by atoms with van der Waals surface area (Å²) in [6.07, 6.45) is 0.904. The first-order chi connectivity index (χ1) is 36.1. The highest BCUT2D eigenvalue weighted by molar-refractivity contribution is 6.11. The normalized spacial score (nSPS) is 26.8. The van der Waals surface area contributed by atoms with Crippen molar-refractivity contribution in [1.29, 1.82) is 0 Å². The third-order valence-electron chi connectivity index (χ3n) is 15.1. The number of phenols is 1. The van der Waals surface area contributed by atoms with Crippen LogP contribution in [0, 0.1) is 11.8 Å². The van der Waals surface area contributed by atoms with E-state index in [1.807, 2.05) is 102 Å². The van der Waals surface area contributed by atoms with Gasteiger partial charge in [0.2, 0.25) is 17.7 Å². The number of anilines is 1. The third-order valence-corrected chi connectivity index (χ3v) is 15.1. The molecule has 3 N–H and O–H groups in total. The topological polar surface area (TPSA) is 190 Å². The van der Waals surface area contributed by atoms with Gasteiger partial charge in [0.1, 0.15) is 66.9 Å². The fraction of sp³-hybridized carbons (Fsp3) is 0.254. The first kappa shape index (κ1) is 47.7. The van der Waals surface area contributed by atoms with Crippen LogP contribution < -0.4 is 15.4 Å². The smallest absolute Gasteiger partial charge is 0.325 e. The van der Waals surface area contributed by atoms with E-state index in [2.05, 4.69) is 17.2 Å². The molecule has 74 heavy (non-hydrogen) atoms. The molecule has 4 saturated heterocycles. The first-order valence-corrected chi connectivity index (χ1v) is 24.7. The number of carbonyl (C=O) groups excluding carboxylic acids is 6. The number of piperazine rings is 1. The zero-order chi connectivity index (χ0) is 51.1. The maximum Gasteiger partial charge on any atom is 0.325 e. The predicted octanol–water partition coefficient (Wildman–Crippen LogP) is 7.01. The number of nitrogens with one attached hydrogen (secondary N) is 2. The second kappa shape index (κ2) is 19.8. The first-order valence-electron chi connectivity index (χ1n) is 24.7. The summed E-state index contributed by atoms with van der Waals surface area (Å²) in [5.74, 6) is -5.05. The number of hydrogen-bond donors (Lipinski definition) is 3. The Morgan fingerprint density at radius 3 is 2.04 bits per heavy atom. The second-order valence-electron chi connectivity index (χ2n) is 19.2. The number of esters is 3. The summed E-state index contributed by atoms with van der Waals surface area (Å²) in [4.78, 5) is 90.0. The molecule has 6 aromatic carbocycles. The molecule has 1 spiro atoms. The molecule has 0 aromatic heterocycles. The minimum Gasteiger partial charge on any atom is -0.508 e. The lowest BCUT2D eigenvalue weighted by Crippen LogP contribution is -2.62. The molecule has 0 radical (unpaired) electrons. The van der Waals surface area contributed by atoms with E-state index in [1.165, 1.54) is 23.1 Å². The minimum atomic E-state index is -1.70. The zero-order valence-electron chi connectivity index (χ0n) is 40.0. The van der Waals surface area contributed by atoms with Crippen LogP contribution >= 0.6 is 0 Å². The average molecular weight is 993 g/mol. The molecular formula is C59H52N4O11. The van der Waals surface area contributed by atoms with Crippen LogP contribution in [-0.4, -0.2) is 88.5 Å². The van der Waals surface area contributed by atoms with Crippen molar-refractivity contribution in [2.24, 2.45) is 11.8 Å². The molecule has 15 nitrogen and oxygen atoms in total. The molecule has 0 bridgehead atoms. The molecule has 5 aliphatic heterocycles. The minimum absolute atomic E-state index is 0.0102. The molecule has 0 aliphatic carbocycles. The SMILES string of the molecule is C=CCOC(=O)[C@H]1[C@@H]2C(=O)O[C@@H](c3ccccc3)[C@@H](c3ccccc3)N2[C@@H](c2ccc(OCCOC(=O)[C@H]3C[C@H]4C(=O)N[C@@H](Cc5ccccc5)C(=O)N4[C@H]3c3ccc(O)cc3)cc2)[C@]12C(=O)Nc1ccccc12. The number of morpholine rings is 1. The summed E-state index contributed by atoms with van der Waals surface area (Å²) >= 11 is 0. The molecule has 374 valence electrons. The Labute approximate surface area is 426 Å². The van der Waals surface area contributed by atoms with Gasteiger partial charge in [-0.2, -0.15) is 0 Å². The number of cyclic esters (lactones) is 1. The largest absolute Gasteiger partial charge is 0.508 e. The van der Waals surface area contributed by atoms with Crippen molar-refractivity contribution < 1.29 is 52.8 Å². The summed E-state index contributed by atoms with van der Waals surface area (Å²) in [7, 11) is 0. The molecule has 5 aliphatic rings. The highest BCUT2D eigenvalue weighted by Crippen LogP contribution is 2.65. The van der Waals surface area contributed by atoms with E-state index in [9.17, 15) is 29.1 Å². The summed E-state index contributed by atoms with van der Waals surface area (Å²) in [5, 5.41) is 16.0. The number of benzene rings is 6. The van der Waals surface area contributed by atoms with E-state index >= 15 is 4.79 Å². The predicted molar refractivity (Wildman–Crippen MR) is 269 cm³/mol. The molecular weight excluding hydrogens is 941 g/mol. The summed E-state index contributed by atoms with van der Waals surface area (Å²) in [6, 6.07) is 43.3. The van der Waals surface area contributed by atoms with E-state index in [0.717, 1.165) is 16.7 Å². The number of aromatic hydroxyl groups is 1. The van der Waals surface area contributed by atoms with Crippen LogP contribution in [-0.2, 0) is 54.8 Å². The van der Waals surface area contributed by atoms with Crippen LogP contribution in [0.1, 0.15) is 64.0 Å². The number of para-hydroxylation sites is 1. The van der Waals surface area contributed by atoms with Crippen LogP contribution in [0.15, 0.2) is 176 Å². The number of carbonyl (C=O) groups is 6. The molecule has 10 atom stereocenters. The number of hydrogen-bond acceptors (Lipinski definition) is 12. The molecule has 15 heteroatoms. The zero-order valence-corrected chi connectivity index (χ0v) is 40.0. The number of nitrogens with zero attached hydrogens (tertiary/aromatic N) is 2. The summed E-state index contributed by atoms with van der Waals surface area (Å²) in [6.45, 7) is 3.35. The number of ether oxygens (including phenoxy) is 4.